The number of fused-ring (bicyclic) bond motifs is 1. The van der Waals surface area contributed by atoms with Crippen molar-refractivity contribution < 1.29 is 9.32 Å². The van der Waals surface area contributed by atoms with Gasteiger partial charge >= 0.3 is 0 Å². The van der Waals surface area contributed by atoms with Gasteiger partial charge in [-0.15, -0.1) is 0 Å². The van der Waals surface area contributed by atoms with Gasteiger partial charge < -0.3 is 9.84 Å². The van der Waals surface area contributed by atoms with E-state index >= 15 is 0 Å². The number of nitrogens with zero attached hydrogens (tertiary/aromatic N) is 2. The van der Waals surface area contributed by atoms with Gasteiger partial charge in [0.1, 0.15) is 5.52 Å². The van der Waals surface area contributed by atoms with E-state index < -0.39 is 0 Å². The van der Waals surface area contributed by atoms with E-state index in [4.69, 9.17) is 4.52 Å². The van der Waals surface area contributed by atoms with E-state index in [1.807, 2.05) is 6.07 Å². The first-order chi connectivity index (χ1) is 9.74. The van der Waals surface area contributed by atoms with Crippen LogP contribution in [0.4, 0.5) is 0 Å². The lowest BCUT2D eigenvalue weighted by Crippen LogP contribution is -2.24. The van der Waals surface area contributed by atoms with E-state index in [-0.39, 0.29) is 23.8 Å². The second-order valence-corrected chi connectivity index (χ2v) is 4.12. The molecule has 0 saturated heterocycles. The minimum atomic E-state index is -0.383. The quantitative estimate of drug-likeness (QED) is 0.734. The molecule has 0 aliphatic rings. The molecule has 0 aliphatic heterocycles. The Morgan fingerprint density at radius 1 is 1.25 bits per heavy atom. The second kappa shape index (κ2) is 4.96. The van der Waals surface area contributed by atoms with Crippen LogP contribution in [0.25, 0.3) is 10.9 Å². The summed E-state index contributed by atoms with van der Waals surface area (Å²) >= 11 is 0. The predicted molar refractivity (Wildman–Crippen MR) is 70.0 cm³/mol. The molecule has 20 heavy (non-hydrogen) atoms. The van der Waals surface area contributed by atoms with Gasteiger partial charge in [0, 0.05) is 6.07 Å². The molecule has 1 aromatic carbocycles. The number of aromatic nitrogens is 3. The highest BCUT2D eigenvalue weighted by atomic mass is 16.5. The molecule has 7 nitrogen and oxygen atoms in total. The Balaban J connectivity index is 1.76. The lowest BCUT2D eigenvalue weighted by molar-refractivity contribution is 0.0916. The van der Waals surface area contributed by atoms with Gasteiger partial charge in [0.2, 0.25) is 5.76 Å². The van der Waals surface area contributed by atoms with Crippen molar-refractivity contribution in [2.75, 3.05) is 0 Å². The predicted octanol–water partition coefficient (Wildman–Crippen LogP) is 0.841. The van der Waals surface area contributed by atoms with Gasteiger partial charge in [-0.1, -0.05) is 17.3 Å². The van der Waals surface area contributed by atoms with E-state index in [0.717, 1.165) is 0 Å². The van der Waals surface area contributed by atoms with Crippen molar-refractivity contribution in [3.05, 3.63) is 58.2 Å². The average molecular weight is 270 g/mol. The Morgan fingerprint density at radius 2 is 2.10 bits per heavy atom. The molecule has 0 bridgehead atoms. The number of nitrogens with one attached hydrogen (secondary N) is 2. The van der Waals surface area contributed by atoms with Crippen LogP contribution in [0.5, 0.6) is 0 Å². The summed E-state index contributed by atoms with van der Waals surface area (Å²) in [6, 6.07) is 10.0. The third-order valence-electron chi connectivity index (χ3n) is 2.76. The molecular formula is C13H10N4O3. The van der Waals surface area contributed by atoms with Crippen molar-refractivity contribution in [1.82, 2.24) is 20.7 Å². The number of aromatic amines is 1. The van der Waals surface area contributed by atoms with Gasteiger partial charge in [0.15, 0.2) is 0 Å². The smallest absolute Gasteiger partial charge is 0.290 e. The SMILES string of the molecule is O=C(NCc1ccc(=O)[nH]n1)c1onc2ccccc12. The van der Waals surface area contributed by atoms with Gasteiger partial charge in [0.05, 0.1) is 17.6 Å². The summed E-state index contributed by atoms with van der Waals surface area (Å²) in [5.74, 6) is -0.225. The number of rotatable bonds is 3. The standard InChI is InChI=1S/C13H10N4O3/c18-11-6-5-8(15-16-11)7-14-13(19)12-9-3-1-2-4-10(9)17-20-12/h1-6H,7H2,(H,14,19)(H,16,18). The van der Waals surface area contributed by atoms with Crippen LogP contribution < -0.4 is 10.9 Å². The van der Waals surface area contributed by atoms with Crippen LogP contribution in [-0.4, -0.2) is 21.3 Å². The van der Waals surface area contributed by atoms with Crippen LogP contribution in [0, 0.1) is 0 Å². The number of carbonyl (C=O) groups excluding carboxylic acids is 1. The molecule has 100 valence electrons. The third-order valence-corrected chi connectivity index (χ3v) is 2.76. The molecule has 2 N–H and O–H groups in total. The van der Waals surface area contributed by atoms with Gasteiger partial charge in [-0.2, -0.15) is 5.10 Å². The van der Waals surface area contributed by atoms with Crippen molar-refractivity contribution in [2.24, 2.45) is 0 Å². The van der Waals surface area contributed by atoms with E-state index in [0.29, 0.717) is 16.6 Å². The van der Waals surface area contributed by atoms with Crippen molar-refractivity contribution in [2.45, 2.75) is 6.54 Å². The lowest BCUT2D eigenvalue weighted by atomic mass is 10.2. The minimum absolute atomic E-state index is 0.157. The topological polar surface area (TPSA) is 101 Å². The fourth-order valence-corrected chi connectivity index (χ4v) is 1.78. The molecule has 0 spiro atoms. The highest BCUT2D eigenvalue weighted by Gasteiger charge is 2.15. The van der Waals surface area contributed by atoms with Crippen molar-refractivity contribution in [1.29, 1.82) is 0 Å². The molecule has 0 atom stereocenters. The molecule has 2 heterocycles. The fourth-order valence-electron chi connectivity index (χ4n) is 1.78. The van der Waals surface area contributed by atoms with Crippen LogP contribution in [-0.2, 0) is 6.54 Å². The number of hydrogen-bond acceptors (Lipinski definition) is 5. The number of hydrogen-bond donors (Lipinski definition) is 2. The molecule has 2 aromatic heterocycles. The minimum Gasteiger partial charge on any atom is -0.350 e. The van der Waals surface area contributed by atoms with Crippen LogP contribution in [0.3, 0.4) is 0 Å². The molecule has 7 heteroatoms. The zero-order valence-electron chi connectivity index (χ0n) is 10.3. The summed E-state index contributed by atoms with van der Waals surface area (Å²) in [5.41, 5.74) is 0.878. The van der Waals surface area contributed by atoms with Crippen LogP contribution >= 0.6 is 0 Å². The summed E-state index contributed by atoms with van der Waals surface area (Å²) in [5, 5.41) is 13.2. The van der Waals surface area contributed by atoms with E-state index in [2.05, 4.69) is 20.7 Å². The number of benzene rings is 1. The molecule has 0 radical (unpaired) electrons. The molecule has 1 amide bonds. The molecule has 3 rings (SSSR count). The van der Waals surface area contributed by atoms with Gasteiger partial charge in [-0.05, 0) is 18.2 Å². The maximum Gasteiger partial charge on any atom is 0.290 e. The molecule has 0 unspecified atom stereocenters. The van der Waals surface area contributed by atoms with Crippen molar-refractivity contribution in [3.8, 4) is 0 Å². The Hall–Kier alpha value is -2.96. The van der Waals surface area contributed by atoms with Gasteiger partial charge in [-0.25, -0.2) is 5.10 Å². The third kappa shape index (κ3) is 2.28. The van der Waals surface area contributed by atoms with Crippen LogP contribution in [0.15, 0.2) is 45.7 Å². The van der Waals surface area contributed by atoms with Gasteiger partial charge in [0.25, 0.3) is 11.5 Å². The molecule has 0 aliphatic carbocycles. The maximum absolute atomic E-state index is 12.0. The van der Waals surface area contributed by atoms with Gasteiger partial charge in [-0.3, -0.25) is 9.59 Å². The maximum atomic E-state index is 12.0. The first-order valence-electron chi connectivity index (χ1n) is 5.91. The Bertz CT molecular complexity index is 801. The fraction of sp³-hybridized carbons (Fsp3) is 0.0769. The Labute approximate surface area is 112 Å². The van der Waals surface area contributed by atoms with Crippen molar-refractivity contribution >= 4 is 16.8 Å². The average Bonchev–Trinajstić information content (AvgIpc) is 2.90. The molecular weight excluding hydrogens is 260 g/mol. The number of amides is 1. The lowest BCUT2D eigenvalue weighted by Gasteiger charge is -2.01. The first-order valence-corrected chi connectivity index (χ1v) is 5.91. The molecule has 0 fully saturated rings. The first kappa shape index (κ1) is 12.1. The normalized spacial score (nSPS) is 10.6. The summed E-state index contributed by atoms with van der Waals surface area (Å²) in [4.78, 5) is 22.9. The zero-order valence-corrected chi connectivity index (χ0v) is 10.3. The Kier molecular flexibility index (Phi) is 3.00. The van der Waals surface area contributed by atoms with Crippen molar-refractivity contribution in [3.63, 3.8) is 0 Å². The zero-order chi connectivity index (χ0) is 13.9. The summed E-state index contributed by atoms with van der Waals surface area (Å²) in [6.45, 7) is 0.185. The second-order valence-electron chi connectivity index (χ2n) is 4.12. The van der Waals surface area contributed by atoms with E-state index in [9.17, 15) is 9.59 Å². The largest absolute Gasteiger partial charge is 0.350 e. The highest BCUT2D eigenvalue weighted by Crippen LogP contribution is 2.17. The summed E-state index contributed by atoms with van der Waals surface area (Å²) < 4.78 is 5.04. The number of carbonyl (C=O) groups is 1. The van der Waals surface area contributed by atoms with E-state index in [1.165, 1.54) is 12.1 Å². The summed E-state index contributed by atoms with van der Waals surface area (Å²) in [7, 11) is 0. The molecule has 3 aromatic rings. The van der Waals surface area contributed by atoms with E-state index in [1.54, 1.807) is 18.2 Å². The monoisotopic (exact) mass is 270 g/mol. The molecule has 0 saturated carbocycles. The van der Waals surface area contributed by atoms with Crippen LogP contribution in [0.1, 0.15) is 16.2 Å². The Morgan fingerprint density at radius 3 is 2.90 bits per heavy atom. The summed E-state index contributed by atoms with van der Waals surface area (Å²) in [6.07, 6.45) is 0. The number of H-pyrrole nitrogens is 1. The van der Waals surface area contributed by atoms with Crippen LogP contribution in [0.2, 0.25) is 0 Å². The highest BCUT2D eigenvalue weighted by molar-refractivity contribution is 6.03.